The minimum Gasteiger partial charge on any atom is -0.494 e. The molecular weight excluding hydrogens is 270 g/mol. The first-order valence-electron chi connectivity index (χ1n) is 6.45. The Balaban J connectivity index is 2.00. The maximum Gasteiger partial charge on any atom is 0.122 e. The molecule has 1 aromatic carbocycles. The number of rotatable bonds is 6. The van der Waals surface area contributed by atoms with Gasteiger partial charge in [0.2, 0.25) is 0 Å². The topological polar surface area (TPSA) is 60.2 Å². The van der Waals surface area contributed by atoms with Crippen molar-refractivity contribution in [3.8, 4) is 5.75 Å². The van der Waals surface area contributed by atoms with Crippen LogP contribution < -0.4 is 15.8 Å². The monoisotopic (exact) mass is 287 g/mol. The van der Waals surface area contributed by atoms with Crippen molar-refractivity contribution in [2.75, 3.05) is 11.9 Å². The number of thiocarbonyl (C=S) groups is 1. The van der Waals surface area contributed by atoms with E-state index in [-0.39, 0.29) is 0 Å². The Kier molecular flexibility index (Phi) is 4.90. The second kappa shape index (κ2) is 6.86. The molecule has 0 saturated carbocycles. The first-order valence-corrected chi connectivity index (χ1v) is 6.85. The van der Waals surface area contributed by atoms with Gasteiger partial charge in [0.05, 0.1) is 24.2 Å². The molecule has 104 valence electrons. The molecule has 1 heterocycles. The van der Waals surface area contributed by atoms with E-state index in [2.05, 4.69) is 17.2 Å². The highest BCUT2D eigenvalue weighted by Gasteiger charge is 2.00. The van der Waals surface area contributed by atoms with Crippen molar-refractivity contribution in [1.82, 2.24) is 4.98 Å². The van der Waals surface area contributed by atoms with Crippen molar-refractivity contribution in [1.29, 1.82) is 0 Å². The molecule has 2 rings (SSSR count). The number of anilines is 2. The number of hydrogen-bond acceptors (Lipinski definition) is 4. The molecule has 0 amide bonds. The molecule has 0 radical (unpaired) electrons. The summed E-state index contributed by atoms with van der Waals surface area (Å²) in [6.45, 7) is 2.82. The van der Waals surface area contributed by atoms with Gasteiger partial charge in [-0.2, -0.15) is 0 Å². The summed E-state index contributed by atoms with van der Waals surface area (Å²) in [6.07, 6.45) is 2.71. The number of benzene rings is 1. The van der Waals surface area contributed by atoms with Crippen LogP contribution in [0.2, 0.25) is 0 Å². The van der Waals surface area contributed by atoms with Crippen LogP contribution in [0.4, 0.5) is 11.4 Å². The van der Waals surface area contributed by atoms with Crippen molar-refractivity contribution in [2.24, 2.45) is 5.73 Å². The van der Waals surface area contributed by atoms with Crippen molar-refractivity contribution < 1.29 is 4.74 Å². The third kappa shape index (κ3) is 3.93. The molecule has 4 nitrogen and oxygen atoms in total. The summed E-state index contributed by atoms with van der Waals surface area (Å²) >= 11 is 4.87. The van der Waals surface area contributed by atoms with Crippen molar-refractivity contribution in [3.05, 3.63) is 48.3 Å². The third-order valence-electron chi connectivity index (χ3n) is 2.63. The Labute approximate surface area is 124 Å². The van der Waals surface area contributed by atoms with Gasteiger partial charge in [-0.3, -0.25) is 4.98 Å². The molecular formula is C15H17N3OS. The number of nitrogens with two attached hydrogens (primary N) is 1. The molecule has 20 heavy (non-hydrogen) atoms. The van der Waals surface area contributed by atoms with Crippen LogP contribution in [0.25, 0.3) is 0 Å². The number of ether oxygens (including phenoxy) is 1. The number of nitrogens with one attached hydrogen (secondary N) is 1. The van der Waals surface area contributed by atoms with E-state index in [4.69, 9.17) is 22.7 Å². The zero-order valence-electron chi connectivity index (χ0n) is 11.3. The number of nitrogens with zero attached hydrogens (tertiary/aromatic N) is 1. The van der Waals surface area contributed by atoms with Crippen LogP contribution in [0, 0.1) is 0 Å². The Hall–Kier alpha value is -2.14. The van der Waals surface area contributed by atoms with Crippen LogP contribution in [0.1, 0.15) is 19.0 Å². The molecule has 0 aliphatic rings. The van der Waals surface area contributed by atoms with E-state index < -0.39 is 0 Å². The lowest BCUT2D eigenvalue weighted by molar-refractivity contribution is 0.317. The number of aromatic nitrogens is 1. The van der Waals surface area contributed by atoms with Gasteiger partial charge in [0.25, 0.3) is 0 Å². The number of hydrogen-bond donors (Lipinski definition) is 2. The molecule has 0 aliphatic heterocycles. The van der Waals surface area contributed by atoms with Crippen LogP contribution in [-0.4, -0.2) is 16.6 Å². The SMILES string of the molecule is CCCOc1ccc(Nc2ccc(C(N)=S)nc2)cc1. The maximum atomic E-state index is 5.53. The van der Waals surface area contributed by atoms with Crippen molar-refractivity contribution >= 4 is 28.6 Å². The number of pyridine rings is 1. The zero-order valence-corrected chi connectivity index (χ0v) is 12.1. The zero-order chi connectivity index (χ0) is 14.4. The summed E-state index contributed by atoms with van der Waals surface area (Å²) < 4.78 is 5.53. The van der Waals surface area contributed by atoms with Gasteiger partial charge in [-0.05, 0) is 42.8 Å². The van der Waals surface area contributed by atoms with Gasteiger partial charge in [-0.1, -0.05) is 19.1 Å². The van der Waals surface area contributed by atoms with Crippen LogP contribution in [-0.2, 0) is 0 Å². The molecule has 0 unspecified atom stereocenters. The van der Waals surface area contributed by atoms with E-state index in [1.807, 2.05) is 30.3 Å². The van der Waals surface area contributed by atoms with Crippen LogP contribution >= 0.6 is 12.2 Å². The van der Waals surface area contributed by atoms with Gasteiger partial charge in [0.1, 0.15) is 10.7 Å². The lowest BCUT2D eigenvalue weighted by atomic mass is 10.2. The predicted octanol–water partition coefficient (Wildman–Crippen LogP) is 3.25. The largest absolute Gasteiger partial charge is 0.494 e. The smallest absolute Gasteiger partial charge is 0.122 e. The lowest BCUT2D eigenvalue weighted by Crippen LogP contribution is -2.11. The molecule has 3 N–H and O–H groups in total. The van der Waals surface area contributed by atoms with Crippen LogP contribution in [0.15, 0.2) is 42.6 Å². The average molecular weight is 287 g/mol. The molecule has 0 saturated heterocycles. The van der Waals surface area contributed by atoms with E-state index in [9.17, 15) is 0 Å². The van der Waals surface area contributed by atoms with Gasteiger partial charge in [-0.25, -0.2) is 0 Å². The van der Waals surface area contributed by atoms with E-state index in [0.29, 0.717) is 10.7 Å². The summed E-state index contributed by atoms with van der Waals surface area (Å²) in [7, 11) is 0. The Morgan fingerprint density at radius 1 is 1.20 bits per heavy atom. The third-order valence-corrected chi connectivity index (χ3v) is 2.84. The fraction of sp³-hybridized carbons (Fsp3) is 0.200. The molecule has 2 aromatic rings. The minimum atomic E-state index is 0.300. The summed E-state index contributed by atoms with van der Waals surface area (Å²) in [5.74, 6) is 0.874. The average Bonchev–Trinajstić information content (AvgIpc) is 2.47. The molecule has 0 bridgehead atoms. The molecule has 0 aliphatic carbocycles. The molecule has 0 fully saturated rings. The van der Waals surface area contributed by atoms with E-state index in [1.165, 1.54) is 0 Å². The van der Waals surface area contributed by atoms with E-state index in [0.717, 1.165) is 30.2 Å². The summed E-state index contributed by atoms with van der Waals surface area (Å²) in [6, 6.07) is 11.5. The van der Waals surface area contributed by atoms with E-state index in [1.54, 1.807) is 12.3 Å². The lowest BCUT2D eigenvalue weighted by Gasteiger charge is -2.08. The Morgan fingerprint density at radius 2 is 1.90 bits per heavy atom. The summed E-state index contributed by atoms with van der Waals surface area (Å²) in [4.78, 5) is 4.48. The van der Waals surface area contributed by atoms with Gasteiger partial charge in [0.15, 0.2) is 0 Å². The van der Waals surface area contributed by atoms with Gasteiger partial charge in [0, 0.05) is 5.69 Å². The standard InChI is InChI=1S/C15H17N3OS/c1-2-9-19-13-6-3-11(4-7-13)18-12-5-8-14(15(16)20)17-10-12/h3-8,10,18H,2,9H2,1H3,(H2,16,20). The first kappa shape index (κ1) is 14.3. The minimum absolute atomic E-state index is 0.300. The second-order valence-corrected chi connectivity index (χ2v) is 4.73. The maximum absolute atomic E-state index is 5.53. The molecule has 0 spiro atoms. The summed E-state index contributed by atoms with van der Waals surface area (Å²) in [5, 5.41) is 3.25. The highest BCUT2D eigenvalue weighted by molar-refractivity contribution is 7.80. The second-order valence-electron chi connectivity index (χ2n) is 4.29. The van der Waals surface area contributed by atoms with E-state index >= 15 is 0 Å². The molecule has 0 atom stereocenters. The Morgan fingerprint density at radius 3 is 2.45 bits per heavy atom. The van der Waals surface area contributed by atoms with Gasteiger partial charge >= 0.3 is 0 Å². The predicted molar refractivity (Wildman–Crippen MR) is 85.6 cm³/mol. The van der Waals surface area contributed by atoms with Crippen LogP contribution in [0.5, 0.6) is 5.75 Å². The van der Waals surface area contributed by atoms with Crippen molar-refractivity contribution in [2.45, 2.75) is 13.3 Å². The molecule has 5 heteroatoms. The highest BCUT2D eigenvalue weighted by atomic mass is 32.1. The fourth-order valence-electron chi connectivity index (χ4n) is 1.63. The normalized spacial score (nSPS) is 10.1. The van der Waals surface area contributed by atoms with Crippen molar-refractivity contribution in [3.63, 3.8) is 0 Å². The van der Waals surface area contributed by atoms with Crippen LogP contribution in [0.3, 0.4) is 0 Å². The first-order chi connectivity index (χ1) is 9.69. The Bertz CT molecular complexity index is 567. The summed E-state index contributed by atoms with van der Waals surface area (Å²) in [5.41, 5.74) is 7.98. The van der Waals surface area contributed by atoms with Gasteiger partial charge in [-0.15, -0.1) is 0 Å². The van der Waals surface area contributed by atoms with Gasteiger partial charge < -0.3 is 15.8 Å². The molecule has 1 aromatic heterocycles. The fourth-order valence-corrected chi connectivity index (χ4v) is 1.76. The highest BCUT2D eigenvalue weighted by Crippen LogP contribution is 2.19. The quantitative estimate of drug-likeness (QED) is 0.799.